The Labute approximate surface area is 138 Å². The smallest absolute Gasteiger partial charge is 0.336 e. The molecule has 3 rings (SSSR count). The van der Waals surface area contributed by atoms with Crippen molar-refractivity contribution in [3.05, 3.63) is 71.2 Å². The Morgan fingerprint density at radius 3 is 2.62 bits per heavy atom. The number of aromatic nitrogens is 2. The maximum absolute atomic E-state index is 12.2. The first-order valence-corrected chi connectivity index (χ1v) is 7.60. The molecule has 0 aliphatic rings. The van der Waals surface area contributed by atoms with Gasteiger partial charge in [0.2, 0.25) is 0 Å². The first-order chi connectivity index (χ1) is 11.6. The number of amides is 1. The van der Waals surface area contributed by atoms with Crippen molar-refractivity contribution in [3.8, 4) is 0 Å². The van der Waals surface area contributed by atoms with E-state index in [1.54, 1.807) is 12.1 Å². The molecule has 0 bridgehead atoms. The van der Waals surface area contributed by atoms with Crippen LogP contribution in [0.4, 0.5) is 0 Å². The van der Waals surface area contributed by atoms with Crippen LogP contribution in [0.25, 0.3) is 5.65 Å². The summed E-state index contributed by atoms with van der Waals surface area (Å²) in [6.07, 6.45) is 4.43. The largest absolute Gasteiger partial charge is 0.478 e. The van der Waals surface area contributed by atoms with Crippen molar-refractivity contribution in [3.63, 3.8) is 0 Å². The Kier molecular flexibility index (Phi) is 4.29. The van der Waals surface area contributed by atoms with Crippen LogP contribution in [0.3, 0.4) is 0 Å². The van der Waals surface area contributed by atoms with Gasteiger partial charge in [-0.15, -0.1) is 0 Å². The van der Waals surface area contributed by atoms with E-state index >= 15 is 0 Å². The van der Waals surface area contributed by atoms with Gasteiger partial charge in [-0.2, -0.15) is 0 Å². The van der Waals surface area contributed by atoms with Crippen LogP contribution in [0.15, 0.2) is 48.8 Å². The molecule has 0 spiro atoms. The van der Waals surface area contributed by atoms with Gasteiger partial charge in [0.05, 0.1) is 16.8 Å². The third kappa shape index (κ3) is 3.12. The third-order valence-corrected chi connectivity index (χ3v) is 3.80. The average Bonchev–Trinajstić information content (AvgIpc) is 2.99. The molecule has 0 saturated carbocycles. The highest BCUT2D eigenvalue weighted by Crippen LogP contribution is 2.11. The van der Waals surface area contributed by atoms with Gasteiger partial charge in [0.25, 0.3) is 5.91 Å². The number of nitrogens with one attached hydrogen (secondary N) is 1. The van der Waals surface area contributed by atoms with Gasteiger partial charge in [-0.1, -0.05) is 18.2 Å². The quantitative estimate of drug-likeness (QED) is 0.755. The van der Waals surface area contributed by atoms with Gasteiger partial charge in [0.15, 0.2) is 0 Å². The number of carboxylic acid groups (broad SMARTS) is 1. The maximum atomic E-state index is 12.2. The zero-order chi connectivity index (χ0) is 17.1. The maximum Gasteiger partial charge on any atom is 0.336 e. The summed E-state index contributed by atoms with van der Waals surface area (Å²) in [5.41, 5.74) is 3.02. The SMILES string of the molecule is Cc1cccn2cc(CCNC(=O)c3ccccc3C(=O)O)nc12. The van der Waals surface area contributed by atoms with Crippen LogP contribution in [-0.4, -0.2) is 32.9 Å². The number of aryl methyl sites for hydroxylation is 1. The lowest BCUT2D eigenvalue weighted by Crippen LogP contribution is -2.27. The van der Waals surface area contributed by atoms with Gasteiger partial charge in [-0.05, 0) is 30.7 Å². The molecule has 1 aromatic carbocycles. The molecule has 0 fully saturated rings. The molecule has 2 heterocycles. The lowest BCUT2D eigenvalue weighted by Gasteiger charge is -2.06. The minimum absolute atomic E-state index is 0.00152. The second-order valence-corrected chi connectivity index (χ2v) is 5.51. The van der Waals surface area contributed by atoms with E-state index in [0.717, 1.165) is 16.9 Å². The van der Waals surface area contributed by atoms with E-state index < -0.39 is 11.9 Å². The van der Waals surface area contributed by atoms with Gasteiger partial charge in [-0.3, -0.25) is 4.79 Å². The molecular formula is C18H17N3O3. The minimum Gasteiger partial charge on any atom is -0.478 e. The summed E-state index contributed by atoms with van der Waals surface area (Å²) >= 11 is 0. The predicted octanol–water partition coefficient (Wildman–Crippen LogP) is 2.31. The normalized spacial score (nSPS) is 10.7. The van der Waals surface area contributed by atoms with E-state index in [1.807, 2.05) is 35.9 Å². The number of benzene rings is 1. The molecule has 0 aliphatic carbocycles. The van der Waals surface area contributed by atoms with Crippen molar-refractivity contribution < 1.29 is 14.7 Å². The summed E-state index contributed by atoms with van der Waals surface area (Å²) < 4.78 is 1.95. The lowest BCUT2D eigenvalue weighted by molar-refractivity contribution is 0.0691. The molecule has 3 aromatic rings. The van der Waals surface area contributed by atoms with Crippen LogP contribution in [0.5, 0.6) is 0 Å². The van der Waals surface area contributed by atoms with E-state index in [-0.39, 0.29) is 11.1 Å². The fourth-order valence-corrected chi connectivity index (χ4v) is 2.59. The second kappa shape index (κ2) is 6.54. The van der Waals surface area contributed by atoms with Crippen LogP contribution in [-0.2, 0) is 6.42 Å². The summed E-state index contributed by atoms with van der Waals surface area (Å²) in [5.74, 6) is -1.51. The highest BCUT2D eigenvalue weighted by molar-refractivity contribution is 6.04. The number of hydrogen-bond donors (Lipinski definition) is 2. The van der Waals surface area contributed by atoms with Crippen LogP contribution < -0.4 is 5.32 Å². The Morgan fingerprint density at radius 1 is 1.17 bits per heavy atom. The molecule has 0 radical (unpaired) electrons. The fourth-order valence-electron chi connectivity index (χ4n) is 2.59. The highest BCUT2D eigenvalue weighted by atomic mass is 16.4. The van der Waals surface area contributed by atoms with E-state index in [1.165, 1.54) is 12.1 Å². The molecule has 1 amide bonds. The first kappa shape index (κ1) is 15.7. The molecule has 6 nitrogen and oxygen atoms in total. The van der Waals surface area contributed by atoms with Crippen LogP contribution >= 0.6 is 0 Å². The molecule has 24 heavy (non-hydrogen) atoms. The Morgan fingerprint density at radius 2 is 1.92 bits per heavy atom. The number of carbonyl (C=O) groups excluding carboxylic acids is 1. The molecule has 0 saturated heterocycles. The molecule has 122 valence electrons. The summed E-state index contributed by atoms with van der Waals surface area (Å²) in [6, 6.07) is 10.1. The van der Waals surface area contributed by atoms with Gasteiger partial charge in [-0.25, -0.2) is 9.78 Å². The predicted molar refractivity (Wildman–Crippen MR) is 89.4 cm³/mol. The van der Waals surface area contributed by atoms with E-state index in [4.69, 9.17) is 5.11 Å². The van der Waals surface area contributed by atoms with Gasteiger partial charge in [0.1, 0.15) is 5.65 Å². The molecule has 2 aromatic heterocycles. The lowest BCUT2D eigenvalue weighted by atomic mass is 10.1. The molecule has 0 unspecified atom stereocenters. The number of nitrogens with zero attached hydrogens (tertiary/aromatic N) is 2. The van der Waals surface area contributed by atoms with E-state index in [2.05, 4.69) is 10.3 Å². The third-order valence-electron chi connectivity index (χ3n) is 3.80. The molecule has 0 atom stereocenters. The Balaban J connectivity index is 1.66. The van der Waals surface area contributed by atoms with E-state index in [0.29, 0.717) is 13.0 Å². The van der Waals surface area contributed by atoms with Crippen molar-refractivity contribution in [1.29, 1.82) is 0 Å². The zero-order valence-electron chi connectivity index (χ0n) is 13.2. The number of fused-ring (bicyclic) bond motifs is 1. The average molecular weight is 323 g/mol. The van der Waals surface area contributed by atoms with Gasteiger partial charge < -0.3 is 14.8 Å². The summed E-state index contributed by atoms with van der Waals surface area (Å²) in [7, 11) is 0. The number of rotatable bonds is 5. The topological polar surface area (TPSA) is 83.7 Å². The number of hydrogen-bond acceptors (Lipinski definition) is 3. The summed E-state index contributed by atoms with van der Waals surface area (Å²) in [5, 5.41) is 11.9. The minimum atomic E-state index is -1.11. The van der Waals surface area contributed by atoms with Crippen molar-refractivity contribution >= 4 is 17.5 Å². The van der Waals surface area contributed by atoms with Crippen LogP contribution in [0, 0.1) is 6.92 Å². The van der Waals surface area contributed by atoms with Gasteiger partial charge >= 0.3 is 5.97 Å². The van der Waals surface area contributed by atoms with Crippen LogP contribution in [0.1, 0.15) is 32.0 Å². The fraction of sp³-hybridized carbons (Fsp3) is 0.167. The van der Waals surface area contributed by atoms with Crippen molar-refractivity contribution in [1.82, 2.24) is 14.7 Å². The van der Waals surface area contributed by atoms with Crippen molar-refractivity contribution in [2.45, 2.75) is 13.3 Å². The zero-order valence-corrected chi connectivity index (χ0v) is 13.2. The number of aromatic carboxylic acids is 1. The molecule has 0 aliphatic heterocycles. The monoisotopic (exact) mass is 323 g/mol. The number of imidazole rings is 1. The molecular weight excluding hydrogens is 306 g/mol. The van der Waals surface area contributed by atoms with E-state index in [9.17, 15) is 9.59 Å². The number of carboxylic acids is 1. The Hall–Kier alpha value is -3.15. The Bertz CT molecular complexity index is 915. The van der Waals surface area contributed by atoms with Crippen molar-refractivity contribution in [2.75, 3.05) is 6.54 Å². The standard InChI is InChI=1S/C18H17N3O3/c1-12-5-4-10-21-11-13(20-16(12)21)8-9-19-17(22)14-6-2-3-7-15(14)18(23)24/h2-7,10-11H,8-9H2,1H3,(H,19,22)(H,23,24). The van der Waals surface area contributed by atoms with Gasteiger partial charge in [0, 0.05) is 25.4 Å². The number of pyridine rings is 1. The molecule has 6 heteroatoms. The second-order valence-electron chi connectivity index (χ2n) is 5.51. The first-order valence-electron chi connectivity index (χ1n) is 7.60. The van der Waals surface area contributed by atoms with Crippen LogP contribution in [0.2, 0.25) is 0 Å². The summed E-state index contributed by atoms with van der Waals surface area (Å²) in [4.78, 5) is 27.9. The number of carbonyl (C=O) groups is 2. The molecule has 2 N–H and O–H groups in total. The van der Waals surface area contributed by atoms with Crippen molar-refractivity contribution in [2.24, 2.45) is 0 Å². The summed E-state index contributed by atoms with van der Waals surface area (Å²) in [6.45, 7) is 2.38. The highest BCUT2D eigenvalue weighted by Gasteiger charge is 2.15.